The molecule has 0 bridgehead atoms. The van der Waals surface area contributed by atoms with Gasteiger partial charge >= 0.3 is 0 Å². The standard InChI is InChI=1S/C14H20FNO/c1-9(2)12-7-11(15)8-13(14(12)16)10-3-5-17-6-4-10/h7-10H,3-6,16H2,1-2H3. The molecule has 1 aromatic rings. The fourth-order valence-corrected chi connectivity index (χ4v) is 2.48. The van der Waals surface area contributed by atoms with Crippen molar-refractivity contribution in [2.75, 3.05) is 18.9 Å². The zero-order chi connectivity index (χ0) is 12.4. The summed E-state index contributed by atoms with van der Waals surface area (Å²) in [7, 11) is 0. The van der Waals surface area contributed by atoms with Gasteiger partial charge < -0.3 is 10.5 Å². The lowest BCUT2D eigenvalue weighted by molar-refractivity contribution is 0.0854. The predicted octanol–water partition coefficient (Wildman–Crippen LogP) is 3.43. The molecule has 17 heavy (non-hydrogen) atoms. The molecule has 0 aliphatic carbocycles. The highest BCUT2D eigenvalue weighted by molar-refractivity contribution is 5.57. The molecule has 0 atom stereocenters. The maximum absolute atomic E-state index is 13.6. The molecule has 1 heterocycles. The van der Waals surface area contributed by atoms with E-state index >= 15 is 0 Å². The largest absolute Gasteiger partial charge is 0.398 e. The quantitative estimate of drug-likeness (QED) is 0.800. The summed E-state index contributed by atoms with van der Waals surface area (Å²) in [5.41, 5.74) is 8.84. The van der Waals surface area contributed by atoms with Crippen LogP contribution in [-0.2, 0) is 4.74 Å². The molecule has 2 nitrogen and oxygen atoms in total. The predicted molar refractivity (Wildman–Crippen MR) is 67.7 cm³/mol. The third kappa shape index (κ3) is 2.60. The Morgan fingerprint density at radius 3 is 2.53 bits per heavy atom. The average molecular weight is 237 g/mol. The van der Waals surface area contributed by atoms with Crippen LogP contribution in [0.15, 0.2) is 12.1 Å². The summed E-state index contributed by atoms with van der Waals surface area (Å²) < 4.78 is 19.0. The average Bonchev–Trinajstić information content (AvgIpc) is 2.32. The minimum absolute atomic E-state index is 0.176. The minimum Gasteiger partial charge on any atom is -0.398 e. The third-order valence-electron chi connectivity index (χ3n) is 3.49. The van der Waals surface area contributed by atoms with Crippen LogP contribution in [0.3, 0.4) is 0 Å². The molecule has 1 saturated heterocycles. The SMILES string of the molecule is CC(C)c1cc(F)cc(C2CCOCC2)c1N. The molecule has 94 valence electrons. The van der Waals surface area contributed by atoms with Gasteiger partial charge in [-0.25, -0.2) is 4.39 Å². The van der Waals surface area contributed by atoms with Gasteiger partial charge in [0.25, 0.3) is 0 Å². The summed E-state index contributed by atoms with van der Waals surface area (Å²) in [6, 6.07) is 3.15. The van der Waals surface area contributed by atoms with E-state index in [0.717, 1.165) is 42.9 Å². The summed E-state index contributed by atoms with van der Waals surface area (Å²) in [5.74, 6) is 0.422. The molecule has 2 N–H and O–H groups in total. The second kappa shape index (κ2) is 5.05. The summed E-state index contributed by atoms with van der Waals surface area (Å²) in [5, 5.41) is 0. The molecule has 0 spiro atoms. The van der Waals surface area contributed by atoms with Gasteiger partial charge in [-0.1, -0.05) is 13.8 Å². The fourth-order valence-electron chi connectivity index (χ4n) is 2.48. The van der Waals surface area contributed by atoms with Crippen LogP contribution in [0.25, 0.3) is 0 Å². The van der Waals surface area contributed by atoms with Crippen molar-refractivity contribution >= 4 is 5.69 Å². The second-order valence-electron chi connectivity index (χ2n) is 5.04. The van der Waals surface area contributed by atoms with Crippen LogP contribution in [0.1, 0.15) is 49.7 Å². The van der Waals surface area contributed by atoms with Crippen LogP contribution in [0.5, 0.6) is 0 Å². The molecule has 0 saturated carbocycles. The van der Waals surface area contributed by atoms with E-state index in [4.69, 9.17) is 10.5 Å². The van der Waals surface area contributed by atoms with E-state index in [0.29, 0.717) is 5.92 Å². The Balaban J connectivity index is 2.38. The Hall–Kier alpha value is -1.09. The van der Waals surface area contributed by atoms with Crippen molar-refractivity contribution in [3.63, 3.8) is 0 Å². The number of benzene rings is 1. The van der Waals surface area contributed by atoms with Crippen LogP contribution in [-0.4, -0.2) is 13.2 Å². The lowest BCUT2D eigenvalue weighted by atomic mass is 9.87. The first-order valence-corrected chi connectivity index (χ1v) is 6.26. The number of halogens is 1. The van der Waals surface area contributed by atoms with Gasteiger partial charge in [-0.05, 0) is 47.9 Å². The van der Waals surface area contributed by atoms with E-state index in [1.54, 1.807) is 12.1 Å². The van der Waals surface area contributed by atoms with Crippen LogP contribution in [0.2, 0.25) is 0 Å². The first-order valence-electron chi connectivity index (χ1n) is 6.26. The monoisotopic (exact) mass is 237 g/mol. The summed E-state index contributed by atoms with van der Waals surface area (Å²) in [6.07, 6.45) is 1.87. The van der Waals surface area contributed by atoms with Crippen LogP contribution >= 0.6 is 0 Å². The van der Waals surface area contributed by atoms with Crippen molar-refractivity contribution in [2.24, 2.45) is 0 Å². The van der Waals surface area contributed by atoms with Crippen LogP contribution in [0.4, 0.5) is 10.1 Å². The minimum atomic E-state index is -0.176. The first-order chi connectivity index (χ1) is 8.09. The van der Waals surface area contributed by atoms with Gasteiger partial charge in [-0.15, -0.1) is 0 Å². The number of anilines is 1. The van der Waals surface area contributed by atoms with Crippen molar-refractivity contribution in [1.29, 1.82) is 0 Å². The van der Waals surface area contributed by atoms with Gasteiger partial charge in [0, 0.05) is 18.9 Å². The first kappa shape index (κ1) is 12.4. The Labute approximate surface area is 102 Å². The Bertz CT molecular complexity index is 397. The zero-order valence-electron chi connectivity index (χ0n) is 10.5. The Morgan fingerprint density at radius 2 is 1.94 bits per heavy atom. The lowest BCUT2D eigenvalue weighted by Crippen LogP contribution is -2.16. The fraction of sp³-hybridized carbons (Fsp3) is 0.571. The summed E-state index contributed by atoms with van der Waals surface area (Å²) >= 11 is 0. The third-order valence-corrected chi connectivity index (χ3v) is 3.49. The normalized spacial score (nSPS) is 17.6. The van der Waals surface area contributed by atoms with E-state index in [9.17, 15) is 4.39 Å². The van der Waals surface area contributed by atoms with E-state index in [1.165, 1.54) is 0 Å². The molecular formula is C14H20FNO. The van der Waals surface area contributed by atoms with Gasteiger partial charge in [0.15, 0.2) is 0 Å². The van der Waals surface area contributed by atoms with E-state index < -0.39 is 0 Å². The van der Waals surface area contributed by atoms with Gasteiger partial charge in [0.2, 0.25) is 0 Å². The molecule has 1 aromatic carbocycles. The van der Waals surface area contributed by atoms with Crippen molar-refractivity contribution in [3.05, 3.63) is 29.1 Å². The van der Waals surface area contributed by atoms with Gasteiger partial charge in [0.05, 0.1) is 0 Å². The maximum Gasteiger partial charge on any atom is 0.123 e. The molecule has 1 aliphatic heterocycles. The smallest absolute Gasteiger partial charge is 0.123 e. The molecule has 0 aromatic heterocycles. The molecule has 0 amide bonds. The molecule has 0 unspecified atom stereocenters. The summed E-state index contributed by atoms with van der Waals surface area (Å²) in [6.45, 7) is 5.58. The number of nitrogen functional groups attached to an aromatic ring is 1. The highest BCUT2D eigenvalue weighted by Gasteiger charge is 2.21. The highest BCUT2D eigenvalue weighted by atomic mass is 19.1. The van der Waals surface area contributed by atoms with Crippen molar-refractivity contribution in [1.82, 2.24) is 0 Å². The second-order valence-corrected chi connectivity index (χ2v) is 5.04. The number of rotatable bonds is 2. The topological polar surface area (TPSA) is 35.2 Å². The Kier molecular flexibility index (Phi) is 3.67. The van der Waals surface area contributed by atoms with Crippen molar-refractivity contribution < 1.29 is 9.13 Å². The number of hydrogen-bond acceptors (Lipinski definition) is 2. The van der Waals surface area contributed by atoms with Gasteiger partial charge in [0.1, 0.15) is 5.82 Å². The number of hydrogen-bond donors (Lipinski definition) is 1. The van der Waals surface area contributed by atoms with E-state index in [2.05, 4.69) is 0 Å². The van der Waals surface area contributed by atoms with E-state index in [-0.39, 0.29) is 11.7 Å². The van der Waals surface area contributed by atoms with E-state index in [1.807, 2.05) is 13.8 Å². The molecule has 1 fully saturated rings. The maximum atomic E-state index is 13.6. The summed E-state index contributed by atoms with van der Waals surface area (Å²) in [4.78, 5) is 0. The molecule has 1 aliphatic rings. The highest BCUT2D eigenvalue weighted by Crippen LogP contribution is 2.35. The van der Waals surface area contributed by atoms with Gasteiger partial charge in [-0.2, -0.15) is 0 Å². The number of nitrogens with two attached hydrogens (primary N) is 1. The van der Waals surface area contributed by atoms with Gasteiger partial charge in [-0.3, -0.25) is 0 Å². The van der Waals surface area contributed by atoms with Crippen molar-refractivity contribution in [3.8, 4) is 0 Å². The Morgan fingerprint density at radius 1 is 1.29 bits per heavy atom. The molecule has 0 radical (unpaired) electrons. The molecule has 2 rings (SSSR count). The molecular weight excluding hydrogens is 217 g/mol. The lowest BCUT2D eigenvalue weighted by Gasteiger charge is -2.25. The molecule has 3 heteroatoms. The van der Waals surface area contributed by atoms with Crippen LogP contribution in [0, 0.1) is 5.82 Å². The van der Waals surface area contributed by atoms with Crippen molar-refractivity contribution in [2.45, 2.75) is 38.5 Å². The zero-order valence-corrected chi connectivity index (χ0v) is 10.5. The van der Waals surface area contributed by atoms with Crippen LogP contribution < -0.4 is 5.73 Å². The number of ether oxygens (including phenoxy) is 1.